The second-order valence-corrected chi connectivity index (χ2v) is 7.68. The molecular weight excluding hydrogens is 377 g/mol. The molecule has 1 fully saturated rings. The highest BCUT2D eigenvalue weighted by Gasteiger charge is 2.52. The first kappa shape index (κ1) is 19.9. The number of carbonyl (C=O) groups excluding carboxylic acids is 2. The summed E-state index contributed by atoms with van der Waals surface area (Å²) in [7, 11) is 1.57. The number of nitrogens with zero attached hydrogens (tertiary/aromatic N) is 1. The standard InChI is InChI=1S/C22H26FNO5/c1-3-28-15-7-4-13(5-8-15)19-18-20(25)16-12-14(23)6-9-17(16)29-21(18)22(26)24(19)10-11-27-2/h4-5,7-8,14,16-17,19H,3,6,9-12H2,1-2H3. The van der Waals surface area contributed by atoms with Crippen molar-refractivity contribution in [3.63, 3.8) is 0 Å². The highest BCUT2D eigenvalue weighted by molar-refractivity contribution is 6.11. The van der Waals surface area contributed by atoms with Gasteiger partial charge in [-0.15, -0.1) is 0 Å². The van der Waals surface area contributed by atoms with Crippen LogP contribution in [0.5, 0.6) is 5.75 Å². The highest BCUT2D eigenvalue weighted by Crippen LogP contribution is 2.47. The topological polar surface area (TPSA) is 65.1 Å². The molecule has 0 saturated heterocycles. The summed E-state index contributed by atoms with van der Waals surface area (Å²) in [5.41, 5.74) is 1.15. The fraction of sp³-hybridized carbons (Fsp3) is 0.545. The number of benzene rings is 1. The number of halogens is 1. The smallest absolute Gasteiger partial charge is 0.290 e. The van der Waals surface area contributed by atoms with Crippen LogP contribution in [0.15, 0.2) is 35.6 Å². The Bertz CT molecular complexity index is 821. The Morgan fingerprint density at radius 1 is 1.21 bits per heavy atom. The maximum absolute atomic E-state index is 14.0. The minimum Gasteiger partial charge on any atom is -0.494 e. The van der Waals surface area contributed by atoms with Crippen molar-refractivity contribution < 1.29 is 28.2 Å². The molecule has 0 aromatic heterocycles. The number of methoxy groups -OCH3 is 1. The predicted octanol–water partition coefficient (Wildman–Crippen LogP) is 2.98. The lowest BCUT2D eigenvalue weighted by molar-refractivity contribution is -0.136. The van der Waals surface area contributed by atoms with Gasteiger partial charge in [-0.2, -0.15) is 0 Å². The SMILES string of the molecule is CCOc1ccc(C2C3=C(OC4CCC(F)CC4C3=O)C(=O)N2CCOC)cc1. The minimum atomic E-state index is -1.00. The number of fused-ring (bicyclic) bond motifs is 1. The van der Waals surface area contributed by atoms with Gasteiger partial charge in [0.2, 0.25) is 0 Å². The van der Waals surface area contributed by atoms with Gasteiger partial charge in [0.25, 0.3) is 5.91 Å². The normalized spacial score (nSPS) is 28.9. The Hall–Kier alpha value is -2.41. The number of hydrogen-bond acceptors (Lipinski definition) is 5. The summed E-state index contributed by atoms with van der Waals surface area (Å²) in [4.78, 5) is 28.1. The molecule has 4 unspecified atom stereocenters. The number of ether oxygens (including phenoxy) is 3. The number of carbonyl (C=O) groups is 2. The van der Waals surface area contributed by atoms with Crippen LogP contribution < -0.4 is 4.74 Å². The molecule has 1 saturated carbocycles. The molecule has 4 atom stereocenters. The zero-order valence-corrected chi connectivity index (χ0v) is 16.7. The van der Waals surface area contributed by atoms with Crippen LogP contribution in [0.2, 0.25) is 0 Å². The average Bonchev–Trinajstić information content (AvgIpc) is 3.00. The summed E-state index contributed by atoms with van der Waals surface area (Å²) in [5, 5.41) is 0. The molecule has 1 aromatic carbocycles. The van der Waals surface area contributed by atoms with Gasteiger partial charge in [-0.05, 0) is 43.9 Å². The third-order valence-corrected chi connectivity index (χ3v) is 5.92. The van der Waals surface area contributed by atoms with E-state index in [-0.39, 0.29) is 23.9 Å². The summed E-state index contributed by atoms with van der Waals surface area (Å²) in [6.07, 6.45) is -0.450. The number of ketones is 1. The first-order valence-corrected chi connectivity index (χ1v) is 10.2. The van der Waals surface area contributed by atoms with Crippen LogP contribution >= 0.6 is 0 Å². The average molecular weight is 403 g/mol. The van der Waals surface area contributed by atoms with Crippen LogP contribution in [0, 0.1) is 5.92 Å². The molecule has 156 valence electrons. The zero-order chi connectivity index (χ0) is 20.5. The third kappa shape index (κ3) is 3.52. The molecule has 1 amide bonds. The van der Waals surface area contributed by atoms with Crippen LogP contribution in [0.4, 0.5) is 4.39 Å². The van der Waals surface area contributed by atoms with Crippen LogP contribution in [0.1, 0.15) is 37.8 Å². The third-order valence-electron chi connectivity index (χ3n) is 5.92. The van der Waals surface area contributed by atoms with Crippen molar-refractivity contribution in [2.24, 2.45) is 5.92 Å². The first-order valence-electron chi connectivity index (χ1n) is 10.2. The fourth-order valence-corrected chi connectivity index (χ4v) is 4.54. The van der Waals surface area contributed by atoms with Crippen molar-refractivity contribution in [2.75, 3.05) is 26.9 Å². The van der Waals surface area contributed by atoms with Crippen molar-refractivity contribution >= 4 is 11.7 Å². The summed E-state index contributed by atoms with van der Waals surface area (Å²) < 4.78 is 30.7. The van der Waals surface area contributed by atoms with Gasteiger partial charge in [-0.25, -0.2) is 4.39 Å². The van der Waals surface area contributed by atoms with E-state index in [0.717, 1.165) is 11.3 Å². The molecule has 2 heterocycles. The van der Waals surface area contributed by atoms with E-state index in [1.807, 2.05) is 31.2 Å². The molecule has 0 bridgehead atoms. The summed E-state index contributed by atoms with van der Waals surface area (Å²) in [6, 6.07) is 6.81. The molecule has 4 rings (SSSR count). The van der Waals surface area contributed by atoms with Crippen molar-refractivity contribution in [2.45, 2.75) is 44.5 Å². The van der Waals surface area contributed by atoms with Gasteiger partial charge < -0.3 is 19.1 Å². The molecule has 1 aromatic rings. The second-order valence-electron chi connectivity index (χ2n) is 7.68. The summed E-state index contributed by atoms with van der Waals surface area (Å²) in [5.74, 6) is -0.144. The van der Waals surface area contributed by atoms with Gasteiger partial charge in [-0.3, -0.25) is 9.59 Å². The van der Waals surface area contributed by atoms with Crippen molar-refractivity contribution in [3.05, 3.63) is 41.2 Å². The van der Waals surface area contributed by atoms with E-state index in [9.17, 15) is 14.0 Å². The highest BCUT2D eigenvalue weighted by atomic mass is 19.1. The Labute approximate surface area is 169 Å². The molecule has 2 aliphatic heterocycles. The lowest BCUT2D eigenvalue weighted by Crippen LogP contribution is -2.42. The zero-order valence-electron chi connectivity index (χ0n) is 16.7. The van der Waals surface area contributed by atoms with E-state index in [1.165, 1.54) is 0 Å². The van der Waals surface area contributed by atoms with Crippen LogP contribution in [-0.2, 0) is 19.1 Å². The maximum Gasteiger partial charge on any atom is 0.290 e. The maximum atomic E-state index is 14.0. The van der Waals surface area contributed by atoms with Crippen molar-refractivity contribution in [1.29, 1.82) is 0 Å². The Morgan fingerprint density at radius 2 is 1.97 bits per heavy atom. The molecule has 7 heteroatoms. The largest absolute Gasteiger partial charge is 0.494 e. The first-order chi connectivity index (χ1) is 14.0. The van der Waals surface area contributed by atoms with E-state index >= 15 is 0 Å². The molecule has 0 spiro atoms. The van der Waals surface area contributed by atoms with E-state index in [0.29, 0.717) is 38.2 Å². The fourth-order valence-electron chi connectivity index (χ4n) is 4.54. The van der Waals surface area contributed by atoms with E-state index in [1.54, 1.807) is 12.0 Å². The molecule has 3 aliphatic rings. The molecule has 6 nitrogen and oxygen atoms in total. The van der Waals surface area contributed by atoms with E-state index < -0.39 is 24.2 Å². The van der Waals surface area contributed by atoms with Crippen molar-refractivity contribution in [1.82, 2.24) is 4.90 Å². The van der Waals surface area contributed by atoms with Crippen LogP contribution in [0.3, 0.4) is 0 Å². The Kier molecular flexibility index (Phi) is 5.58. The number of amides is 1. The van der Waals surface area contributed by atoms with E-state index in [4.69, 9.17) is 14.2 Å². The summed E-state index contributed by atoms with van der Waals surface area (Å²) >= 11 is 0. The lowest BCUT2D eigenvalue weighted by Gasteiger charge is -2.36. The van der Waals surface area contributed by atoms with Gasteiger partial charge in [0.15, 0.2) is 11.5 Å². The van der Waals surface area contributed by atoms with Crippen molar-refractivity contribution in [3.8, 4) is 5.75 Å². The van der Waals surface area contributed by atoms with Gasteiger partial charge in [0.1, 0.15) is 18.0 Å². The molecule has 0 N–H and O–H groups in total. The number of rotatable bonds is 6. The molecule has 1 aliphatic carbocycles. The van der Waals surface area contributed by atoms with Gasteiger partial charge in [0, 0.05) is 13.7 Å². The number of Topliss-reactive ketones (excluding diaryl/α,β-unsaturated/α-hetero) is 1. The van der Waals surface area contributed by atoms with Crippen LogP contribution in [0.25, 0.3) is 0 Å². The number of alkyl halides is 1. The lowest BCUT2D eigenvalue weighted by atomic mass is 9.77. The minimum absolute atomic E-state index is 0.128. The number of hydrogen-bond donors (Lipinski definition) is 0. The quantitative estimate of drug-likeness (QED) is 0.731. The molecule has 0 radical (unpaired) electrons. The second kappa shape index (κ2) is 8.14. The summed E-state index contributed by atoms with van der Waals surface area (Å²) in [6.45, 7) is 3.13. The Balaban J connectivity index is 1.72. The van der Waals surface area contributed by atoms with Crippen LogP contribution in [-0.4, -0.2) is 55.7 Å². The monoisotopic (exact) mass is 403 g/mol. The predicted molar refractivity (Wildman–Crippen MR) is 103 cm³/mol. The molecular formula is C22H26FNO5. The van der Waals surface area contributed by atoms with Gasteiger partial charge in [-0.1, -0.05) is 12.1 Å². The Morgan fingerprint density at radius 3 is 2.66 bits per heavy atom. The van der Waals surface area contributed by atoms with Gasteiger partial charge >= 0.3 is 0 Å². The van der Waals surface area contributed by atoms with E-state index in [2.05, 4.69) is 0 Å². The van der Waals surface area contributed by atoms with Gasteiger partial charge in [0.05, 0.1) is 30.7 Å². The molecule has 29 heavy (non-hydrogen) atoms.